The fourth-order valence-corrected chi connectivity index (χ4v) is 0.363. The normalized spacial score (nSPS) is 10.2. The summed E-state index contributed by atoms with van der Waals surface area (Å²) in [7, 11) is 0. The van der Waals surface area contributed by atoms with Crippen molar-refractivity contribution in [1.29, 1.82) is 0 Å². The van der Waals surface area contributed by atoms with E-state index in [0.29, 0.717) is 6.42 Å². The molecule has 0 aromatic heterocycles. The van der Waals surface area contributed by atoms with Gasteiger partial charge in [-0.15, -0.1) is 0 Å². The summed E-state index contributed by atoms with van der Waals surface area (Å²) in [6.45, 7) is 4.65. The molecule has 0 fully saturated rings. The van der Waals surface area contributed by atoms with Gasteiger partial charge in [-0.2, -0.15) is 0 Å². The van der Waals surface area contributed by atoms with Crippen LogP contribution in [0.25, 0.3) is 0 Å². The highest BCUT2D eigenvalue weighted by Crippen LogP contribution is 1.94. The van der Waals surface area contributed by atoms with Crippen LogP contribution in [0.3, 0.4) is 0 Å². The molecule has 0 aromatic rings. The van der Waals surface area contributed by atoms with Gasteiger partial charge in [-0.25, -0.2) is 0 Å². The Kier molecular flexibility index (Phi) is 11.9. The monoisotopic (exact) mass is 176 g/mol. The molecule has 0 spiro atoms. The van der Waals surface area contributed by atoms with Crippen molar-refractivity contribution >= 4 is 11.8 Å². The van der Waals surface area contributed by atoms with Crippen LogP contribution in [0.1, 0.15) is 42.0 Å². The maximum absolute atomic E-state index is 10.6. The van der Waals surface area contributed by atoms with E-state index in [0.717, 1.165) is 0 Å². The van der Waals surface area contributed by atoms with Crippen molar-refractivity contribution in [3.05, 3.63) is 0 Å². The summed E-state index contributed by atoms with van der Waals surface area (Å²) in [5, 5.41) is 0. The molecule has 0 heterocycles. The number of ether oxygens (including phenoxy) is 1. The maximum Gasteiger partial charge on any atom is 0.306 e. The van der Waals surface area contributed by atoms with Gasteiger partial charge in [0, 0.05) is 6.42 Å². The predicted octanol–water partition coefficient (Wildman–Crippen LogP) is 2.19. The Morgan fingerprint density at radius 1 is 1.33 bits per heavy atom. The molecule has 0 N–H and O–H groups in total. The van der Waals surface area contributed by atoms with Gasteiger partial charge in [0.2, 0.25) is 0 Å². The summed E-state index contributed by atoms with van der Waals surface area (Å²) in [4.78, 5) is 21.1. The third-order valence-corrected chi connectivity index (χ3v) is 1.17. The van der Waals surface area contributed by atoms with Crippen molar-refractivity contribution in [2.75, 3.05) is 0 Å². The Morgan fingerprint density at radius 3 is 2.00 bits per heavy atom. The average molecular weight is 176 g/mol. The molecule has 0 aliphatic heterocycles. The van der Waals surface area contributed by atoms with Gasteiger partial charge >= 0.3 is 5.97 Å². The van der Waals surface area contributed by atoms with E-state index in [9.17, 15) is 9.59 Å². The van der Waals surface area contributed by atoms with E-state index in [1.807, 2.05) is 0 Å². The molecule has 1 unspecified atom stereocenters. The summed E-state index contributed by atoms with van der Waals surface area (Å²) in [5.41, 5.74) is 0. The molecule has 0 rings (SSSR count). The first-order valence-corrected chi connectivity index (χ1v) is 3.27. The van der Waals surface area contributed by atoms with E-state index < -0.39 is 6.10 Å². The standard InChI is InChI=1S/C7H12O3.2CH4/c1-4-7(9)10-6(3)5(2)8;;/h6H,4H2,1-3H3;2*1H4. The van der Waals surface area contributed by atoms with Crippen molar-refractivity contribution < 1.29 is 14.3 Å². The summed E-state index contributed by atoms with van der Waals surface area (Å²) >= 11 is 0. The Morgan fingerprint density at radius 2 is 1.75 bits per heavy atom. The van der Waals surface area contributed by atoms with E-state index in [1.165, 1.54) is 6.92 Å². The van der Waals surface area contributed by atoms with Crippen LogP contribution in [0.5, 0.6) is 0 Å². The number of hydrogen-bond acceptors (Lipinski definition) is 3. The fourth-order valence-electron chi connectivity index (χ4n) is 0.363. The number of hydrogen-bond donors (Lipinski definition) is 0. The zero-order valence-corrected chi connectivity index (χ0v) is 6.51. The maximum atomic E-state index is 10.6. The summed E-state index contributed by atoms with van der Waals surface area (Å²) in [6.07, 6.45) is -0.273. The van der Waals surface area contributed by atoms with E-state index in [1.54, 1.807) is 13.8 Å². The molecule has 0 saturated heterocycles. The highest BCUT2D eigenvalue weighted by molar-refractivity contribution is 5.82. The first-order valence-electron chi connectivity index (χ1n) is 3.27. The number of carbonyl (C=O) groups is 2. The molecule has 0 aromatic carbocycles. The van der Waals surface area contributed by atoms with Crippen molar-refractivity contribution in [2.45, 2.75) is 48.1 Å². The lowest BCUT2D eigenvalue weighted by atomic mass is 10.3. The lowest BCUT2D eigenvalue weighted by molar-refractivity contribution is -0.153. The second-order valence-corrected chi connectivity index (χ2v) is 2.10. The van der Waals surface area contributed by atoms with Gasteiger partial charge in [-0.3, -0.25) is 9.59 Å². The Balaban J connectivity index is -0.000000405. The number of esters is 1. The molecular weight excluding hydrogens is 156 g/mol. The minimum absolute atomic E-state index is 0. The minimum atomic E-state index is -0.590. The van der Waals surface area contributed by atoms with Gasteiger partial charge in [-0.1, -0.05) is 21.8 Å². The predicted molar refractivity (Wildman–Crippen MR) is 50.0 cm³/mol. The van der Waals surface area contributed by atoms with Gasteiger partial charge in [-0.05, 0) is 13.8 Å². The molecule has 0 amide bonds. The van der Waals surface area contributed by atoms with Gasteiger partial charge in [0.25, 0.3) is 0 Å². The van der Waals surface area contributed by atoms with Crippen LogP contribution in [0.15, 0.2) is 0 Å². The van der Waals surface area contributed by atoms with Crippen LogP contribution >= 0.6 is 0 Å². The second-order valence-electron chi connectivity index (χ2n) is 2.10. The Bertz CT molecular complexity index is 141. The molecule has 0 saturated carbocycles. The van der Waals surface area contributed by atoms with Crippen LogP contribution in [0.2, 0.25) is 0 Å². The highest BCUT2D eigenvalue weighted by Gasteiger charge is 2.10. The molecule has 12 heavy (non-hydrogen) atoms. The van der Waals surface area contributed by atoms with Gasteiger partial charge in [0.05, 0.1) is 0 Å². The summed E-state index contributed by atoms with van der Waals surface area (Å²) in [6, 6.07) is 0. The third-order valence-electron chi connectivity index (χ3n) is 1.17. The van der Waals surface area contributed by atoms with Gasteiger partial charge in [0.15, 0.2) is 11.9 Å². The van der Waals surface area contributed by atoms with Crippen molar-refractivity contribution in [3.63, 3.8) is 0 Å². The number of Topliss-reactive ketones (excluding diaryl/α,β-unsaturated/α-hetero) is 1. The number of rotatable bonds is 3. The van der Waals surface area contributed by atoms with Crippen LogP contribution < -0.4 is 0 Å². The first kappa shape index (κ1) is 17.3. The van der Waals surface area contributed by atoms with E-state index in [2.05, 4.69) is 4.74 Å². The third kappa shape index (κ3) is 7.25. The van der Waals surface area contributed by atoms with Crippen LogP contribution in [-0.2, 0) is 14.3 Å². The van der Waals surface area contributed by atoms with E-state index in [-0.39, 0.29) is 26.6 Å². The number of ketones is 1. The molecule has 0 aliphatic carbocycles. The van der Waals surface area contributed by atoms with Crippen molar-refractivity contribution in [3.8, 4) is 0 Å². The van der Waals surface area contributed by atoms with E-state index >= 15 is 0 Å². The minimum Gasteiger partial charge on any atom is -0.455 e. The second kappa shape index (κ2) is 8.24. The zero-order valence-electron chi connectivity index (χ0n) is 6.51. The molecule has 0 bridgehead atoms. The van der Waals surface area contributed by atoms with Gasteiger partial charge in [0.1, 0.15) is 0 Å². The van der Waals surface area contributed by atoms with Crippen LogP contribution in [0.4, 0.5) is 0 Å². The quantitative estimate of drug-likeness (QED) is 0.619. The smallest absolute Gasteiger partial charge is 0.306 e. The molecule has 3 nitrogen and oxygen atoms in total. The van der Waals surface area contributed by atoms with Gasteiger partial charge < -0.3 is 4.74 Å². The summed E-state index contributed by atoms with van der Waals surface area (Å²) < 4.78 is 4.67. The first-order chi connectivity index (χ1) is 4.57. The highest BCUT2D eigenvalue weighted by atomic mass is 16.5. The molecule has 0 aliphatic rings. The van der Waals surface area contributed by atoms with Crippen LogP contribution in [0, 0.1) is 0 Å². The van der Waals surface area contributed by atoms with E-state index in [4.69, 9.17) is 0 Å². The average Bonchev–Trinajstić information content (AvgIpc) is 1.87. The van der Waals surface area contributed by atoms with Crippen LogP contribution in [-0.4, -0.2) is 17.9 Å². The molecule has 1 atom stereocenters. The molecule has 3 heteroatoms. The number of carbonyl (C=O) groups excluding carboxylic acids is 2. The Labute approximate surface area is 75.1 Å². The molecular formula is C9H20O3. The molecule has 0 radical (unpaired) electrons. The Hall–Kier alpha value is -0.860. The van der Waals surface area contributed by atoms with Crippen molar-refractivity contribution in [2.24, 2.45) is 0 Å². The largest absolute Gasteiger partial charge is 0.455 e. The fraction of sp³-hybridized carbons (Fsp3) is 0.778. The zero-order chi connectivity index (χ0) is 8.15. The summed E-state index contributed by atoms with van der Waals surface area (Å²) in [5.74, 6) is -0.454. The topological polar surface area (TPSA) is 43.4 Å². The lowest BCUT2D eigenvalue weighted by Gasteiger charge is -2.07. The molecule has 74 valence electrons. The lowest BCUT2D eigenvalue weighted by Crippen LogP contribution is -2.21. The SMILES string of the molecule is C.C.CCC(=O)OC(C)C(C)=O. The van der Waals surface area contributed by atoms with Crippen molar-refractivity contribution in [1.82, 2.24) is 0 Å².